The van der Waals surface area contributed by atoms with Gasteiger partial charge in [-0.25, -0.2) is 0 Å². The van der Waals surface area contributed by atoms with Gasteiger partial charge in [0.15, 0.2) is 0 Å². The Morgan fingerprint density at radius 3 is 2.29 bits per heavy atom. The van der Waals surface area contributed by atoms with Crippen LogP contribution in [0.5, 0.6) is 11.5 Å². The number of carbonyl (C=O) groups is 2. The van der Waals surface area contributed by atoms with Crippen molar-refractivity contribution in [3.63, 3.8) is 0 Å². The lowest BCUT2D eigenvalue weighted by Crippen LogP contribution is -2.50. The molecule has 1 aliphatic heterocycles. The molecule has 2 amide bonds. The average Bonchev–Trinajstić information content (AvgIpc) is 2.79. The van der Waals surface area contributed by atoms with Gasteiger partial charge in [0.1, 0.15) is 11.5 Å². The van der Waals surface area contributed by atoms with Gasteiger partial charge >= 0.3 is 13.0 Å². The second kappa shape index (κ2) is 11.6. The molecule has 0 bridgehead atoms. The number of rotatable bonds is 8. The third kappa shape index (κ3) is 8.56. The number of alkyl halides is 5. The molecule has 1 heterocycles. The zero-order chi connectivity index (χ0) is 25.4. The van der Waals surface area contributed by atoms with Gasteiger partial charge in [-0.05, 0) is 36.4 Å². The quantitative estimate of drug-likeness (QED) is 0.440. The topological polar surface area (TPSA) is 71.1 Å². The average molecular weight is 499 g/mol. The molecule has 1 saturated heterocycles. The maximum Gasteiger partial charge on any atom is 0.573 e. The summed E-state index contributed by atoms with van der Waals surface area (Å²) < 4.78 is 69.9. The highest BCUT2D eigenvalue weighted by molar-refractivity contribution is 5.93. The Bertz CT molecular complexity index is 1040. The summed E-state index contributed by atoms with van der Waals surface area (Å²) in [5.74, 6) is -1.09. The number of hydrogen-bond acceptors (Lipinski definition) is 5. The molecule has 0 radical (unpaired) electrons. The van der Waals surface area contributed by atoms with E-state index in [9.17, 15) is 31.5 Å². The Morgan fingerprint density at radius 1 is 1.00 bits per heavy atom. The molecule has 35 heavy (non-hydrogen) atoms. The second-order valence-electron chi connectivity index (χ2n) is 7.47. The summed E-state index contributed by atoms with van der Waals surface area (Å²) in [6.07, 6.45) is -2.11. The van der Waals surface area contributed by atoms with Crippen LogP contribution in [-0.2, 0) is 9.59 Å². The largest absolute Gasteiger partial charge is 0.573 e. The molecular weight excluding hydrogens is 477 g/mol. The van der Waals surface area contributed by atoms with E-state index in [1.807, 2.05) is 4.90 Å². The van der Waals surface area contributed by atoms with Crippen molar-refractivity contribution in [3.8, 4) is 11.5 Å². The van der Waals surface area contributed by atoms with E-state index in [1.54, 1.807) is 23.1 Å². The molecular formula is C23H22F5N3O4. The summed E-state index contributed by atoms with van der Waals surface area (Å²) in [4.78, 5) is 28.1. The Hall–Kier alpha value is -3.67. The van der Waals surface area contributed by atoms with E-state index < -0.39 is 18.7 Å². The molecule has 7 nitrogen and oxygen atoms in total. The summed E-state index contributed by atoms with van der Waals surface area (Å²) >= 11 is 0. The molecule has 0 spiro atoms. The fraction of sp³-hybridized carbons (Fsp3) is 0.304. The molecule has 0 saturated carbocycles. The number of anilines is 1. The Kier molecular flexibility index (Phi) is 8.63. The maximum atomic E-state index is 12.5. The van der Waals surface area contributed by atoms with Crippen LogP contribution in [-0.4, -0.2) is 67.3 Å². The molecule has 12 heteroatoms. The highest BCUT2D eigenvalue weighted by Gasteiger charge is 2.31. The van der Waals surface area contributed by atoms with E-state index in [-0.39, 0.29) is 24.1 Å². The molecule has 1 aliphatic rings. The molecule has 1 fully saturated rings. The smallest absolute Gasteiger partial charge is 0.434 e. The van der Waals surface area contributed by atoms with Crippen molar-refractivity contribution in [1.82, 2.24) is 9.80 Å². The number of nitrogens with zero attached hydrogens (tertiary/aromatic N) is 2. The first kappa shape index (κ1) is 25.9. The van der Waals surface area contributed by atoms with Gasteiger partial charge in [0.05, 0.1) is 6.54 Å². The number of hydrogen-bond donors (Lipinski definition) is 1. The Labute approximate surface area is 197 Å². The number of nitrogens with one attached hydrogen (secondary N) is 1. The van der Waals surface area contributed by atoms with E-state index in [4.69, 9.17) is 0 Å². The number of benzene rings is 2. The van der Waals surface area contributed by atoms with Crippen molar-refractivity contribution in [2.75, 3.05) is 38.0 Å². The minimum Gasteiger partial charge on any atom is -0.434 e. The number of piperazine rings is 1. The number of para-hydroxylation sites is 1. The van der Waals surface area contributed by atoms with Gasteiger partial charge < -0.3 is 19.7 Å². The van der Waals surface area contributed by atoms with Crippen LogP contribution in [0.15, 0.2) is 54.6 Å². The normalized spacial score (nSPS) is 14.9. The number of carbonyl (C=O) groups excluding carboxylic acids is 2. The molecule has 2 aromatic rings. The number of ether oxygens (including phenoxy) is 2. The van der Waals surface area contributed by atoms with Crippen LogP contribution in [0.25, 0.3) is 6.08 Å². The predicted octanol–water partition coefficient (Wildman–Crippen LogP) is 3.98. The fourth-order valence-corrected chi connectivity index (χ4v) is 3.36. The van der Waals surface area contributed by atoms with Crippen molar-refractivity contribution in [3.05, 3.63) is 60.2 Å². The summed E-state index contributed by atoms with van der Waals surface area (Å²) in [6.45, 7) is -1.37. The first-order chi connectivity index (χ1) is 16.6. The van der Waals surface area contributed by atoms with E-state index in [2.05, 4.69) is 14.8 Å². The Morgan fingerprint density at radius 2 is 1.66 bits per heavy atom. The highest BCUT2D eigenvalue weighted by atomic mass is 19.4. The van der Waals surface area contributed by atoms with Crippen LogP contribution in [0.3, 0.4) is 0 Å². The van der Waals surface area contributed by atoms with Gasteiger partial charge in [-0.2, -0.15) is 8.78 Å². The van der Waals surface area contributed by atoms with Gasteiger partial charge in [-0.3, -0.25) is 14.5 Å². The maximum absolute atomic E-state index is 12.5. The lowest BCUT2D eigenvalue weighted by atomic mass is 10.2. The second-order valence-corrected chi connectivity index (χ2v) is 7.47. The zero-order valence-electron chi connectivity index (χ0n) is 18.3. The minimum absolute atomic E-state index is 0.0371. The van der Waals surface area contributed by atoms with E-state index >= 15 is 0 Å². The standard InChI is InChI=1S/C23H22F5N3O4/c24-22(25)34-19-4-2-1-3-16(19)5-10-21(33)31-13-11-30(12-14-31)15-20(32)29-17-6-8-18(9-7-17)35-23(26,27)28/h1-10,22H,11-15H2,(H,29,32)/b10-5+. The molecule has 1 N–H and O–H groups in total. The molecule has 188 valence electrons. The summed E-state index contributed by atoms with van der Waals surface area (Å²) in [5.41, 5.74) is 0.661. The molecule has 0 aromatic heterocycles. The number of halogens is 5. The summed E-state index contributed by atoms with van der Waals surface area (Å²) in [5, 5.41) is 2.60. The van der Waals surface area contributed by atoms with Crippen molar-refractivity contribution in [2.24, 2.45) is 0 Å². The van der Waals surface area contributed by atoms with Crippen LogP contribution >= 0.6 is 0 Å². The van der Waals surface area contributed by atoms with E-state index in [1.165, 1.54) is 30.4 Å². The third-order valence-corrected chi connectivity index (χ3v) is 4.96. The van der Waals surface area contributed by atoms with Crippen LogP contribution in [0.1, 0.15) is 5.56 Å². The van der Waals surface area contributed by atoms with E-state index in [0.717, 1.165) is 12.1 Å². The Balaban J connectivity index is 1.44. The van der Waals surface area contributed by atoms with Gasteiger partial charge in [0.2, 0.25) is 11.8 Å². The lowest BCUT2D eigenvalue weighted by molar-refractivity contribution is -0.274. The lowest BCUT2D eigenvalue weighted by Gasteiger charge is -2.33. The molecule has 0 aliphatic carbocycles. The summed E-state index contributed by atoms with van der Waals surface area (Å²) in [7, 11) is 0. The monoisotopic (exact) mass is 499 g/mol. The molecule has 2 aromatic carbocycles. The first-order valence-electron chi connectivity index (χ1n) is 10.5. The van der Waals surface area contributed by atoms with Crippen molar-refractivity contribution >= 4 is 23.6 Å². The summed E-state index contributed by atoms with van der Waals surface area (Å²) in [6, 6.07) is 10.9. The van der Waals surface area contributed by atoms with Crippen molar-refractivity contribution < 1.29 is 41.0 Å². The number of amides is 2. The first-order valence-corrected chi connectivity index (χ1v) is 10.5. The zero-order valence-corrected chi connectivity index (χ0v) is 18.3. The molecule has 0 atom stereocenters. The van der Waals surface area contributed by atoms with Crippen LogP contribution < -0.4 is 14.8 Å². The molecule has 0 unspecified atom stereocenters. The fourth-order valence-electron chi connectivity index (χ4n) is 3.36. The van der Waals surface area contributed by atoms with Crippen molar-refractivity contribution in [1.29, 1.82) is 0 Å². The highest BCUT2D eigenvalue weighted by Crippen LogP contribution is 2.24. The van der Waals surface area contributed by atoms with Gasteiger partial charge in [-0.1, -0.05) is 18.2 Å². The van der Waals surface area contributed by atoms with Crippen LogP contribution in [0.4, 0.5) is 27.6 Å². The van der Waals surface area contributed by atoms with Gasteiger partial charge in [0.25, 0.3) is 0 Å². The van der Waals surface area contributed by atoms with Gasteiger partial charge in [-0.15, -0.1) is 13.2 Å². The van der Waals surface area contributed by atoms with Crippen LogP contribution in [0, 0.1) is 0 Å². The van der Waals surface area contributed by atoms with Crippen LogP contribution in [0.2, 0.25) is 0 Å². The predicted molar refractivity (Wildman–Crippen MR) is 117 cm³/mol. The third-order valence-electron chi connectivity index (χ3n) is 4.96. The SMILES string of the molecule is O=C(CN1CCN(C(=O)/C=C/c2ccccc2OC(F)F)CC1)Nc1ccc(OC(F)(F)F)cc1. The minimum atomic E-state index is -4.79. The van der Waals surface area contributed by atoms with Gasteiger partial charge in [0, 0.05) is 43.5 Å². The molecule has 3 rings (SSSR count). The van der Waals surface area contributed by atoms with E-state index in [0.29, 0.717) is 37.4 Å². The van der Waals surface area contributed by atoms with Crippen molar-refractivity contribution in [2.45, 2.75) is 13.0 Å².